The minimum absolute atomic E-state index is 0.0476. The molecular formula is C13H12BrNO3S. The van der Waals surface area contributed by atoms with E-state index in [4.69, 9.17) is 0 Å². The number of ketones is 1. The summed E-state index contributed by atoms with van der Waals surface area (Å²) in [4.78, 5) is 35.7. The maximum atomic E-state index is 12.4. The number of rotatable bonds is 1. The Bertz CT molecular complexity index is 580. The van der Waals surface area contributed by atoms with E-state index in [9.17, 15) is 14.4 Å². The molecule has 19 heavy (non-hydrogen) atoms. The van der Waals surface area contributed by atoms with Crippen molar-refractivity contribution in [3.63, 3.8) is 0 Å². The summed E-state index contributed by atoms with van der Waals surface area (Å²) in [7, 11) is 0. The monoisotopic (exact) mass is 341 g/mol. The zero-order valence-corrected chi connectivity index (χ0v) is 12.5. The molecule has 3 rings (SSSR count). The normalized spacial score (nSPS) is 27.1. The molecule has 0 aromatic carbocycles. The Hall–Kier alpha value is -1.01. The third kappa shape index (κ3) is 2.17. The molecule has 2 heterocycles. The molecule has 1 aliphatic carbocycles. The summed E-state index contributed by atoms with van der Waals surface area (Å²) >= 11 is 4.95. The molecule has 1 aliphatic heterocycles. The molecule has 2 atom stereocenters. The second kappa shape index (κ2) is 4.83. The van der Waals surface area contributed by atoms with Crippen LogP contribution >= 0.6 is 27.3 Å². The number of imide groups is 1. The molecule has 2 aliphatic rings. The number of carbonyl (C=O) groups excluding carboxylic acids is 3. The molecule has 1 N–H and O–H groups in total. The van der Waals surface area contributed by atoms with E-state index < -0.39 is 0 Å². The number of carbonyl (C=O) groups is 3. The van der Waals surface area contributed by atoms with Crippen LogP contribution in [0.5, 0.6) is 0 Å². The average Bonchev–Trinajstić information content (AvgIpc) is 2.81. The number of amides is 2. The van der Waals surface area contributed by atoms with Crippen LogP contribution in [0.25, 0.3) is 0 Å². The number of thiophene rings is 1. The first-order valence-electron chi connectivity index (χ1n) is 6.21. The highest BCUT2D eigenvalue weighted by Crippen LogP contribution is 2.41. The third-order valence-electron chi connectivity index (χ3n) is 3.87. The van der Waals surface area contributed by atoms with Gasteiger partial charge in [0.15, 0.2) is 5.78 Å². The van der Waals surface area contributed by atoms with Gasteiger partial charge < -0.3 is 0 Å². The van der Waals surface area contributed by atoms with Gasteiger partial charge in [-0.3, -0.25) is 19.7 Å². The van der Waals surface area contributed by atoms with Crippen molar-refractivity contribution in [1.29, 1.82) is 0 Å². The van der Waals surface area contributed by atoms with Crippen LogP contribution < -0.4 is 5.32 Å². The summed E-state index contributed by atoms with van der Waals surface area (Å²) in [5.74, 6) is -1.14. The SMILES string of the molecule is O=C1CCC[C@H](C2Cc3c(csc3Br)C2=O)C(=O)N1. The molecule has 1 saturated heterocycles. The molecule has 6 heteroatoms. The molecule has 2 amide bonds. The Morgan fingerprint density at radius 2 is 2.05 bits per heavy atom. The number of halogens is 1. The minimum atomic E-state index is -0.372. The summed E-state index contributed by atoms with van der Waals surface area (Å²) < 4.78 is 0.975. The van der Waals surface area contributed by atoms with Gasteiger partial charge in [-0.1, -0.05) is 0 Å². The molecule has 100 valence electrons. The number of hydrogen-bond acceptors (Lipinski definition) is 4. The standard InChI is InChI=1S/C13H12BrNO3S/c14-12-8-4-7(11(17)9(8)5-19-12)6-2-1-3-10(16)15-13(6)18/h5-7H,1-4H2,(H,15,16,18)/t6-,7?/m1/s1. The lowest BCUT2D eigenvalue weighted by molar-refractivity contribution is -0.132. The molecule has 4 nitrogen and oxygen atoms in total. The summed E-state index contributed by atoms with van der Waals surface area (Å²) in [5.41, 5.74) is 1.76. The van der Waals surface area contributed by atoms with Crippen LogP contribution in [0.15, 0.2) is 9.17 Å². The molecule has 0 saturated carbocycles. The Morgan fingerprint density at radius 3 is 2.79 bits per heavy atom. The van der Waals surface area contributed by atoms with Gasteiger partial charge in [0.05, 0.1) is 3.79 Å². The largest absolute Gasteiger partial charge is 0.296 e. The number of Topliss-reactive ketones (excluding diaryl/α,β-unsaturated/α-hetero) is 1. The van der Waals surface area contributed by atoms with Crippen LogP contribution in [-0.2, 0) is 16.0 Å². The quantitative estimate of drug-likeness (QED) is 0.797. The van der Waals surface area contributed by atoms with Gasteiger partial charge >= 0.3 is 0 Å². The first-order valence-corrected chi connectivity index (χ1v) is 7.89. The van der Waals surface area contributed by atoms with E-state index in [-0.39, 0.29) is 29.4 Å². The average molecular weight is 342 g/mol. The summed E-state index contributed by atoms with van der Waals surface area (Å²) in [6.45, 7) is 0. The van der Waals surface area contributed by atoms with Crippen molar-refractivity contribution in [3.8, 4) is 0 Å². The van der Waals surface area contributed by atoms with E-state index >= 15 is 0 Å². The van der Waals surface area contributed by atoms with E-state index in [1.165, 1.54) is 11.3 Å². The maximum Gasteiger partial charge on any atom is 0.230 e. The number of fused-ring (bicyclic) bond motifs is 1. The highest BCUT2D eigenvalue weighted by Gasteiger charge is 2.42. The molecular weight excluding hydrogens is 330 g/mol. The minimum Gasteiger partial charge on any atom is -0.296 e. The van der Waals surface area contributed by atoms with Crippen molar-refractivity contribution in [1.82, 2.24) is 5.32 Å². The van der Waals surface area contributed by atoms with Crippen molar-refractivity contribution in [3.05, 3.63) is 20.3 Å². The Labute approximate surface area is 122 Å². The summed E-state index contributed by atoms with van der Waals surface area (Å²) in [5, 5.41) is 4.23. The predicted molar refractivity (Wildman–Crippen MR) is 74.0 cm³/mol. The molecule has 1 aromatic rings. The van der Waals surface area contributed by atoms with Gasteiger partial charge in [-0.05, 0) is 40.8 Å². The van der Waals surface area contributed by atoms with Crippen LogP contribution in [0.3, 0.4) is 0 Å². The molecule has 0 bridgehead atoms. The predicted octanol–water partition coefficient (Wildman–Crippen LogP) is 2.31. The second-order valence-electron chi connectivity index (χ2n) is 4.99. The fourth-order valence-corrected chi connectivity index (χ4v) is 4.35. The van der Waals surface area contributed by atoms with Crippen molar-refractivity contribution >= 4 is 44.9 Å². The van der Waals surface area contributed by atoms with Gasteiger partial charge in [0.2, 0.25) is 11.8 Å². The molecule has 0 spiro atoms. The molecule has 1 aromatic heterocycles. The number of nitrogens with one attached hydrogen (secondary N) is 1. The highest BCUT2D eigenvalue weighted by atomic mass is 79.9. The number of hydrogen-bond donors (Lipinski definition) is 1. The highest BCUT2D eigenvalue weighted by molar-refractivity contribution is 9.11. The first kappa shape index (κ1) is 13.0. The van der Waals surface area contributed by atoms with Crippen LogP contribution in [0.2, 0.25) is 0 Å². The van der Waals surface area contributed by atoms with Crippen molar-refractivity contribution in [2.75, 3.05) is 0 Å². The van der Waals surface area contributed by atoms with Gasteiger partial charge in [-0.25, -0.2) is 0 Å². The zero-order chi connectivity index (χ0) is 13.6. The van der Waals surface area contributed by atoms with Gasteiger partial charge in [-0.15, -0.1) is 11.3 Å². The lowest BCUT2D eigenvalue weighted by Gasteiger charge is -2.18. The molecule has 1 fully saturated rings. The fraction of sp³-hybridized carbons (Fsp3) is 0.462. The molecule has 1 unspecified atom stereocenters. The van der Waals surface area contributed by atoms with Gasteiger partial charge in [0.25, 0.3) is 0 Å². The van der Waals surface area contributed by atoms with E-state index in [1.807, 2.05) is 5.38 Å². The topological polar surface area (TPSA) is 63.2 Å². The second-order valence-corrected chi connectivity index (χ2v) is 7.19. The van der Waals surface area contributed by atoms with E-state index in [0.717, 1.165) is 14.9 Å². The van der Waals surface area contributed by atoms with Crippen LogP contribution in [0, 0.1) is 11.8 Å². The van der Waals surface area contributed by atoms with Gasteiger partial charge in [-0.2, -0.15) is 0 Å². The Balaban J connectivity index is 1.86. The van der Waals surface area contributed by atoms with Crippen LogP contribution in [0.1, 0.15) is 35.2 Å². The van der Waals surface area contributed by atoms with Crippen molar-refractivity contribution in [2.24, 2.45) is 11.8 Å². The van der Waals surface area contributed by atoms with Crippen LogP contribution in [-0.4, -0.2) is 17.6 Å². The lowest BCUT2D eigenvalue weighted by atomic mass is 9.85. The fourth-order valence-electron chi connectivity index (χ4n) is 2.88. The summed E-state index contributed by atoms with van der Waals surface area (Å²) in [6.07, 6.45) is 2.25. The third-order valence-corrected chi connectivity index (χ3v) is 5.72. The van der Waals surface area contributed by atoms with Gasteiger partial charge in [0.1, 0.15) is 0 Å². The van der Waals surface area contributed by atoms with Gasteiger partial charge in [0, 0.05) is 29.2 Å². The summed E-state index contributed by atoms with van der Waals surface area (Å²) in [6, 6.07) is 0. The molecule has 0 radical (unpaired) electrons. The smallest absolute Gasteiger partial charge is 0.230 e. The van der Waals surface area contributed by atoms with E-state index in [1.54, 1.807) is 0 Å². The van der Waals surface area contributed by atoms with Crippen LogP contribution in [0.4, 0.5) is 0 Å². The maximum absolute atomic E-state index is 12.4. The van der Waals surface area contributed by atoms with E-state index in [2.05, 4.69) is 21.2 Å². The Kier molecular flexibility index (Phi) is 3.30. The zero-order valence-electron chi connectivity index (χ0n) is 10.1. The first-order chi connectivity index (χ1) is 9.08. The Morgan fingerprint density at radius 1 is 1.26 bits per heavy atom. The van der Waals surface area contributed by atoms with E-state index in [0.29, 0.717) is 25.7 Å². The van der Waals surface area contributed by atoms with Crippen molar-refractivity contribution < 1.29 is 14.4 Å². The lowest BCUT2D eigenvalue weighted by Crippen LogP contribution is -2.37. The van der Waals surface area contributed by atoms with Crippen molar-refractivity contribution in [2.45, 2.75) is 25.7 Å².